The van der Waals surface area contributed by atoms with Gasteiger partial charge in [-0.05, 0) is 13.8 Å². The minimum atomic E-state index is 0.689. The molecule has 7 nitrogen and oxygen atoms in total. The lowest BCUT2D eigenvalue weighted by Crippen LogP contribution is -2.46. The van der Waals surface area contributed by atoms with Crippen molar-refractivity contribution in [3.8, 4) is 0 Å². The van der Waals surface area contributed by atoms with Gasteiger partial charge < -0.3 is 9.42 Å². The number of nitrogens with zero attached hydrogens (tertiary/aromatic N) is 6. The number of hydrogen-bond donors (Lipinski definition) is 0. The maximum atomic E-state index is 5.16. The van der Waals surface area contributed by atoms with Crippen LogP contribution in [0.2, 0.25) is 0 Å². The van der Waals surface area contributed by atoms with Gasteiger partial charge in [0.1, 0.15) is 12.1 Å². The number of anilines is 1. The molecule has 3 rings (SSSR count). The Balaban J connectivity index is 1.57. The topological polar surface area (TPSA) is 71.2 Å². The highest BCUT2D eigenvalue weighted by Crippen LogP contribution is 2.14. The molecular formula is C13H18N6O. The summed E-state index contributed by atoms with van der Waals surface area (Å²) in [7, 11) is 0. The van der Waals surface area contributed by atoms with Gasteiger partial charge in [0.05, 0.1) is 6.54 Å². The zero-order chi connectivity index (χ0) is 13.9. The average molecular weight is 274 g/mol. The first kappa shape index (κ1) is 13.0. The predicted octanol–water partition coefficient (Wildman–Crippen LogP) is 0.799. The number of hydrogen-bond acceptors (Lipinski definition) is 7. The lowest BCUT2D eigenvalue weighted by atomic mass is 10.3. The van der Waals surface area contributed by atoms with Crippen LogP contribution in [0.5, 0.6) is 0 Å². The summed E-state index contributed by atoms with van der Waals surface area (Å²) in [5, 5.41) is 3.81. The van der Waals surface area contributed by atoms with Gasteiger partial charge in [-0.25, -0.2) is 9.97 Å². The van der Waals surface area contributed by atoms with Gasteiger partial charge >= 0.3 is 0 Å². The highest BCUT2D eigenvalue weighted by molar-refractivity contribution is 5.39. The smallest absolute Gasteiger partial charge is 0.240 e. The minimum absolute atomic E-state index is 0.689. The number of aromatic nitrogens is 4. The van der Waals surface area contributed by atoms with Crippen LogP contribution in [-0.2, 0) is 6.54 Å². The molecule has 1 aliphatic heterocycles. The van der Waals surface area contributed by atoms with Gasteiger partial charge in [0, 0.05) is 37.9 Å². The molecule has 1 fully saturated rings. The van der Waals surface area contributed by atoms with Gasteiger partial charge in [0.15, 0.2) is 5.82 Å². The summed E-state index contributed by atoms with van der Waals surface area (Å²) in [5.74, 6) is 2.38. The summed E-state index contributed by atoms with van der Waals surface area (Å²) in [5.41, 5.74) is 0.999. The molecule has 0 atom stereocenters. The van der Waals surface area contributed by atoms with Gasteiger partial charge in [-0.3, -0.25) is 4.90 Å². The summed E-state index contributed by atoms with van der Waals surface area (Å²) in [4.78, 5) is 17.3. The van der Waals surface area contributed by atoms with Crippen LogP contribution < -0.4 is 4.90 Å². The molecule has 7 heteroatoms. The van der Waals surface area contributed by atoms with E-state index in [0.29, 0.717) is 11.7 Å². The van der Waals surface area contributed by atoms with Crippen molar-refractivity contribution in [1.82, 2.24) is 25.0 Å². The lowest BCUT2D eigenvalue weighted by molar-refractivity contribution is 0.215. The molecule has 0 bridgehead atoms. The fourth-order valence-corrected chi connectivity index (χ4v) is 2.34. The molecular weight excluding hydrogens is 256 g/mol. The fraction of sp³-hybridized carbons (Fsp3) is 0.538. The largest absolute Gasteiger partial charge is 0.354 e. The van der Waals surface area contributed by atoms with Crippen LogP contribution in [0.3, 0.4) is 0 Å². The summed E-state index contributed by atoms with van der Waals surface area (Å²) in [6.45, 7) is 8.36. The maximum absolute atomic E-state index is 5.16. The zero-order valence-electron chi connectivity index (χ0n) is 11.8. The molecule has 106 valence electrons. The number of aryl methyl sites for hydroxylation is 2. The van der Waals surface area contributed by atoms with Gasteiger partial charge in [-0.1, -0.05) is 5.16 Å². The molecule has 1 saturated heterocycles. The molecule has 0 aromatic carbocycles. The van der Waals surface area contributed by atoms with E-state index in [-0.39, 0.29) is 0 Å². The molecule has 0 saturated carbocycles. The highest BCUT2D eigenvalue weighted by atomic mass is 16.5. The van der Waals surface area contributed by atoms with Crippen molar-refractivity contribution in [3.05, 3.63) is 29.8 Å². The van der Waals surface area contributed by atoms with Crippen LogP contribution in [0.25, 0.3) is 0 Å². The van der Waals surface area contributed by atoms with Crippen molar-refractivity contribution in [1.29, 1.82) is 0 Å². The Hall–Kier alpha value is -2.02. The predicted molar refractivity (Wildman–Crippen MR) is 73.3 cm³/mol. The van der Waals surface area contributed by atoms with Crippen molar-refractivity contribution in [2.24, 2.45) is 0 Å². The normalized spacial score (nSPS) is 16.6. The second kappa shape index (κ2) is 5.54. The Morgan fingerprint density at radius 1 is 1.15 bits per heavy atom. The number of piperazine rings is 1. The Bertz CT molecular complexity index is 576. The van der Waals surface area contributed by atoms with Crippen LogP contribution in [0, 0.1) is 13.8 Å². The van der Waals surface area contributed by atoms with Crippen molar-refractivity contribution < 1.29 is 4.52 Å². The van der Waals surface area contributed by atoms with Crippen molar-refractivity contribution in [2.75, 3.05) is 31.1 Å². The second-order valence-electron chi connectivity index (χ2n) is 5.02. The monoisotopic (exact) mass is 274 g/mol. The molecule has 0 amide bonds. The van der Waals surface area contributed by atoms with E-state index in [1.165, 1.54) is 0 Å². The Morgan fingerprint density at radius 2 is 1.95 bits per heavy atom. The van der Waals surface area contributed by atoms with E-state index in [9.17, 15) is 0 Å². The first-order chi connectivity index (χ1) is 9.70. The van der Waals surface area contributed by atoms with Gasteiger partial charge in [-0.15, -0.1) is 0 Å². The van der Waals surface area contributed by atoms with Crippen molar-refractivity contribution in [3.63, 3.8) is 0 Å². The molecule has 0 spiro atoms. The third-order valence-electron chi connectivity index (χ3n) is 3.41. The third-order valence-corrected chi connectivity index (χ3v) is 3.41. The third kappa shape index (κ3) is 2.93. The molecule has 0 radical (unpaired) electrons. The van der Waals surface area contributed by atoms with Gasteiger partial charge in [-0.2, -0.15) is 4.98 Å². The van der Waals surface area contributed by atoms with Crippen LogP contribution >= 0.6 is 0 Å². The molecule has 2 aromatic rings. The zero-order valence-corrected chi connectivity index (χ0v) is 11.8. The lowest BCUT2D eigenvalue weighted by Gasteiger charge is -2.34. The first-order valence-corrected chi connectivity index (χ1v) is 6.76. The van der Waals surface area contributed by atoms with Crippen LogP contribution in [0.1, 0.15) is 17.4 Å². The molecule has 2 aromatic heterocycles. The van der Waals surface area contributed by atoms with Crippen LogP contribution in [0.15, 0.2) is 16.9 Å². The minimum Gasteiger partial charge on any atom is -0.354 e. The molecule has 1 aliphatic rings. The average Bonchev–Trinajstić information content (AvgIpc) is 2.85. The van der Waals surface area contributed by atoms with E-state index in [0.717, 1.165) is 44.2 Å². The maximum Gasteiger partial charge on any atom is 0.240 e. The van der Waals surface area contributed by atoms with Crippen LogP contribution in [-0.4, -0.2) is 51.2 Å². The standard InChI is InChI=1S/C13H18N6O/c1-10-7-12(15-9-14-10)19-5-3-18(4-6-19)8-13-16-11(2)17-20-13/h7,9H,3-6,8H2,1-2H3. The SMILES string of the molecule is Cc1cc(N2CCN(Cc3nc(C)no3)CC2)ncn1. The summed E-state index contributed by atoms with van der Waals surface area (Å²) in [6.07, 6.45) is 1.62. The molecule has 3 heterocycles. The Kier molecular flexibility index (Phi) is 3.60. The summed E-state index contributed by atoms with van der Waals surface area (Å²) >= 11 is 0. The fourth-order valence-electron chi connectivity index (χ4n) is 2.34. The molecule has 20 heavy (non-hydrogen) atoms. The molecule has 0 aliphatic carbocycles. The second-order valence-corrected chi connectivity index (χ2v) is 5.02. The Labute approximate surface area is 117 Å². The summed E-state index contributed by atoms with van der Waals surface area (Å²) < 4.78 is 5.16. The highest BCUT2D eigenvalue weighted by Gasteiger charge is 2.19. The van der Waals surface area contributed by atoms with E-state index in [1.807, 2.05) is 19.9 Å². The first-order valence-electron chi connectivity index (χ1n) is 6.76. The van der Waals surface area contributed by atoms with Crippen molar-refractivity contribution in [2.45, 2.75) is 20.4 Å². The quantitative estimate of drug-likeness (QED) is 0.819. The Morgan fingerprint density at radius 3 is 2.60 bits per heavy atom. The van der Waals surface area contributed by atoms with E-state index in [4.69, 9.17) is 4.52 Å². The van der Waals surface area contributed by atoms with Crippen LogP contribution in [0.4, 0.5) is 5.82 Å². The van der Waals surface area contributed by atoms with E-state index >= 15 is 0 Å². The van der Waals surface area contributed by atoms with E-state index in [1.54, 1.807) is 6.33 Å². The van der Waals surface area contributed by atoms with E-state index in [2.05, 4.69) is 29.9 Å². The van der Waals surface area contributed by atoms with E-state index < -0.39 is 0 Å². The molecule has 0 N–H and O–H groups in total. The van der Waals surface area contributed by atoms with Crippen molar-refractivity contribution >= 4 is 5.82 Å². The molecule has 0 unspecified atom stereocenters. The van der Waals surface area contributed by atoms with Gasteiger partial charge in [0.2, 0.25) is 5.89 Å². The van der Waals surface area contributed by atoms with Gasteiger partial charge in [0.25, 0.3) is 0 Å². The number of rotatable bonds is 3. The summed E-state index contributed by atoms with van der Waals surface area (Å²) in [6, 6.07) is 2.02.